The zero-order valence-electron chi connectivity index (χ0n) is 14.2. The van der Waals surface area contributed by atoms with Gasteiger partial charge in [0.15, 0.2) is 0 Å². The third-order valence-electron chi connectivity index (χ3n) is 4.06. The molecule has 0 saturated carbocycles. The minimum atomic E-state index is -4.17. The number of non-ortho nitro benzene ring substituents is 1. The lowest BCUT2D eigenvalue weighted by molar-refractivity contribution is -0.385. The second kappa shape index (κ2) is 7.50. The summed E-state index contributed by atoms with van der Waals surface area (Å²) in [5.41, 5.74) is 1.79. The third kappa shape index (κ3) is 3.99. The van der Waals surface area contributed by atoms with Crippen LogP contribution in [0.5, 0.6) is 5.75 Å². The molecule has 26 heavy (non-hydrogen) atoms. The number of nitro groups is 1. The van der Waals surface area contributed by atoms with Crippen LogP contribution in [0.2, 0.25) is 0 Å². The van der Waals surface area contributed by atoms with Crippen molar-refractivity contribution < 1.29 is 17.5 Å². The van der Waals surface area contributed by atoms with Gasteiger partial charge in [-0.05, 0) is 42.7 Å². The number of benzene rings is 2. The maximum atomic E-state index is 12.6. The SMILES string of the molecule is Cc1cc([N+](=O)[O-])cc(S(=O)(=O)Oc2ccc(C3SCCS3)cc2)c1C. The first-order valence-electron chi connectivity index (χ1n) is 7.81. The second-order valence-electron chi connectivity index (χ2n) is 5.82. The van der Waals surface area contributed by atoms with Crippen LogP contribution in [0.3, 0.4) is 0 Å². The van der Waals surface area contributed by atoms with E-state index in [4.69, 9.17) is 4.18 Å². The van der Waals surface area contributed by atoms with Crippen molar-refractivity contribution >= 4 is 39.3 Å². The first kappa shape index (κ1) is 19.1. The van der Waals surface area contributed by atoms with E-state index >= 15 is 0 Å². The van der Waals surface area contributed by atoms with Gasteiger partial charge >= 0.3 is 10.1 Å². The molecule has 0 radical (unpaired) electrons. The molecule has 0 spiro atoms. The van der Waals surface area contributed by atoms with Crippen molar-refractivity contribution in [1.29, 1.82) is 0 Å². The molecule has 3 rings (SSSR count). The van der Waals surface area contributed by atoms with Crippen LogP contribution in [0.25, 0.3) is 0 Å². The molecule has 2 aromatic rings. The highest BCUT2D eigenvalue weighted by atomic mass is 32.2. The molecule has 0 aromatic heterocycles. The maximum Gasteiger partial charge on any atom is 0.339 e. The fourth-order valence-electron chi connectivity index (χ4n) is 2.58. The number of nitrogens with zero attached hydrogens (tertiary/aromatic N) is 1. The molecular weight excluding hydrogens is 394 g/mol. The van der Waals surface area contributed by atoms with Gasteiger partial charge in [-0.25, -0.2) is 0 Å². The lowest BCUT2D eigenvalue weighted by Gasteiger charge is -2.12. The summed E-state index contributed by atoms with van der Waals surface area (Å²) in [6.45, 7) is 3.24. The number of hydrogen-bond acceptors (Lipinski definition) is 7. The molecule has 1 saturated heterocycles. The molecule has 0 bridgehead atoms. The molecule has 0 atom stereocenters. The summed E-state index contributed by atoms with van der Waals surface area (Å²) in [5.74, 6) is 2.39. The van der Waals surface area contributed by atoms with Crippen molar-refractivity contribution in [2.45, 2.75) is 23.3 Å². The number of thioether (sulfide) groups is 2. The van der Waals surface area contributed by atoms with Gasteiger partial charge in [0.1, 0.15) is 10.6 Å². The van der Waals surface area contributed by atoms with Crippen LogP contribution in [-0.2, 0) is 10.1 Å². The molecule has 138 valence electrons. The summed E-state index contributed by atoms with van der Waals surface area (Å²) in [6.07, 6.45) is 0. The summed E-state index contributed by atoms with van der Waals surface area (Å²) < 4.78 is 30.9. The summed E-state index contributed by atoms with van der Waals surface area (Å²) in [4.78, 5) is 10.2. The Balaban J connectivity index is 1.88. The molecule has 2 aromatic carbocycles. The Labute approximate surface area is 160 Å². The maximum absolute atomic E-state index is 12.6. The first-order valence-corrected chi connectivity index (χ1v) is 11.3. The van der Waals surface area contributed by atoms with E-state index in [0.717, 1.165) is 23.1 Å². The minimum absolute atomic E-state index is 0.185. The predicted octanol–water partition coefficient (Wildman–Crippen LogP) is 4.46. The highest BCUT2D eigenvalue weighted by molar-refractivity contribution is 8.19. The Morgan fingerprint density at radius 2 is 1.73 bits per heavy atom. The van der Waals surface area contributed by atoms with E-state index in [-0.39, 0.29) is 16.3 Å². The van der Waals surface area contributed by atoms with Crippen molar-refractivity contribution in [3.8, 4) is 5.75 Å². The smallest absolute Gasteiger partial charge is 0.339 e. The van der Waals surface area contributed by atoms with Gasteiger partial charge in [-0.2, -0.15) is 8.42 Å². The second-order valence-corrected chi connectivity index (χ2v) is 10.1. The van der Waals surface area contributed by atoms with Crippen LogP contribution in [-0.4, -0.2) is 24.8 Å². The van der Waals surface area contributed by atoms with Crippen LogP contribution in [0.15, 0.2) is 41.3 Å². The topological polar surface area (TPSA) is 86.5 Å². The van der Waals surface area contributed by atoms with Crippen molar-refractivity contribution in [1.82, 2.24) is 0 Å². The first-order chi connectivity index (χ1) is 12.3. The highest BCUT2D eigenvalue weighted by Crippen LogP contribution is 2.45. The average molecular weight is 412 g/mol. The molecule has 0 unspecified atom stereocenters. The quantitative estimate of drug-likeness (QED) is 0.408. The summed E-state index contributed by atoms with van der Waals surface area (Å²) in [7, 11) is -4.17. The predicted molar refractivity (Wildman–Crippen MR) is 104 cm³/mol. The van der Waals surface area contributed by atoms with E-state index in [1.165, 1.54) is 6.07 Å². The Morgan fingerprint density at radius 1 is 1.12 bits per heavy atom. The van der Waals surface area contributed by atoms with Gasteiger partial charge in [-0.1, -0.05) is 12.1 Å². The zero-order valence-corrected chi connectivity index (χ0v) is 16.6. The zero-order chi connectivity index (χ0) is 18.9. The van der Waals surface area contributed by atoms with Crippen LogP contribution in [0, 0.1) is 24.0 Å². The van der Waals surface area contributed by atoms with Crippen molar-refractivity contribution in [3.05, 3.63) is 63.2 Å². The van der Waals surface area contributed by atoms with Gasteiger partial charge in [-0.15, -0.1) is 23.5 Å². The van der Waals surface area contributed by atoms with Crippen LogP contribution < -0.4 is 4.18 Å². The molecule has 0 N–H and O–H groups in total. The van der Waals surface area contributed by atoms with E-state index in [1.807, 2.05) is 35.7 Å². The van der Waals surface area contributed by atoms with Crippen molar-refractivity contribution in [2.75, 3.05) is 11.5 Å². The van der Waals surface area contributed by atoms with Crippen molar-refractivity contribution in [3.63, 3.8) is 0 Å². The molecule has 6 nitrogen and oxygen atoms in total. The Morgan fingerprint density at radius 3 is 2.31 bits per heavy atom. The van der Waals surface area contributed by atoms with E-state index in [0.29, 0.717) is 15.7 Å². The molecule has 0 amide bonds. The van der Waals surface area contributed by atoms with E-state index in [2.05, 4.69) is 0 Å². The third-order valence-corrected chi connectivity index (χ3v) is 8.54. The molecule has 1 fully saturated rings. The van der Waals surface area contributed by atoms with Gasteiger partial charge < -0.3 is 4.18 Å². The largest absolute Gasteiger partial charge is 0.379 e. The van der Waals surface area contributed by atoms with Crippen molar-refractivity contribution in [2.24, 2.45) is 0 Å². The molecule has 1 heterocycles. The summed E-state index contributed by atoms with van der Waals surface area (Å²) >= 11 is 3.72. The average Bonchev–Trinajstić information content (AvgIpc) is 3.11. The Kier molecular flexibility index (Phi) is 5.50. The van der Waals surface area contributed by atoms with Gasteiger partial charge in [0, 0.05) is 23.6 Å². The van der Waals surface area contributed by atoms with Gasteiger partial charge in [-0.3, -0.25) is 10.1 Å². The summed E-state index contributed by atoms with van der Waals surface area (Å²) in [5, 5.41) is 11.0. The summed E-state index contributed by atoms with van der Waals surface area (Å²) in [6, 6.07) is 9.33. The van der Waals surface area contributed by atoms with E-state index in [1.54, 1.807) is 26.0 Å². The lowest BCUT2D eigenvalue weighted by Crippen LogP contribution is -2.12. The molecule has 1 aliphatic heterocycles. The fourth-order valence-corrected chi connectivity index (χ4v) is 6.69. The van der Waals surface area contributed by atoms with Gasteiger partial charge in [0.2, 0.25) is 0 Å². The monoisotopic (exact) mass is 411 g/mol. The Bertz CT molecular complexity index is 936. The van der Waals surface area contributed by atoms with Gasteiger partial charge in [0.05, 0.1) is 9.51 Å². The Hall–Kier alpha value is -1.71. The highest BCUT2D eigenvalue weighted by Gasteiger charge is 2.25. The van der Waals surface area contributed by atoms with Gasteiger partial charge in [0.25, 0.3) is 5.69 Å². The lowest BCUT2D eigenvalue weighted by atomic mass is 10.1. The molecule has 0 aliphatic carbocycles. The van der Waals surface area contributed by atoms with E-state index < -0.39 is 15.0 Å². The normalized spacial score (nSPS) is 15.2. The molecular formula is C17H17NO5S3. The molecule has 9 heteroatoms. The number of nitro benzene ring substituents is 1. The number of aryl methyl sites for hydroxylation is 1. The standard InChI is InChI=1S/C17H17NO5S3/c1-11-9-14(18(19)20)10-16(12(11)2)26(21,22)23-15-5-3-13(4-6-15)17-24-7-8-25-17/h3-6,9-10,17H,7-8H2,1-2H3. The molecule has 1 aliphatic rings. The van der Waals surface area contributed by atoms with Crippen LogP contribution >= 0.6 is 23.5 Å². The van der Waals surface area contributed by atoms with Crippen LogP contribution in [0.4, 0.5) is 5.69 Å². The van der Waals surface area contributed by atoms with E-state index in [9.17, 15) is 18.5 Å². The fraction of sp³-hybridized carbons (Fsp3) is 0.294. The number of rotatable bonds is 5. The van der Waals surface area contributed by atoms with Crippen LogP contribution in [0.1, 0.15) is 21.3 Å². The minimum Gasteiger partial charge on any atom is -0.379 e. The number of hydrogen-bond donors (Lipinski definition) is 0.